The van der Waals surface area contributed by atoms with E-state index in [0.717, 1.165) is 30.8 Å². The second-order valence-electron chi connectivity index (χ2n) is 10.6. The third-order valence-corrected chi connectivity index (χ3v) is 6.77. The zero-order valence-electron chi connectivity index (χ0n) is 25.0. The predicted octanol–water partition coefficient (Wildman–Crippen LogP) is 6.28. The van der Waals surface area contributed by atoms with Crippen LogP contribution in [0.4, 0.5) is 21.7 Å². The fourth-order valence-corrected chi connectivity index (χ4v) is 4.43. The molecular weight excluding hydrogens is 533 g/mol. The van der Waals surface area contributed by atoms with Gasteiger partial charge in [0.15, 0.2) is 0 Å². The van der Waals surface area contributed by atoms with Crippen molar-refractivity contribution in [1.82, 2.24) is 19.9 Å². The molecule has 220 valence electrons. The fourth-order valence-electron chi connectivity index (χ4n) is 4.43. The van der Waals surface area contributed by atoms with Gasteiger partial charge in [0.05, 0.1) is 28.2 Å². The van der Waals surface area contributed by atoms with Gasteiger partial charge < -0.3 is 25.2 Å². The number of hydrogen-bond acceptors (Lipinski definition) is 8. The average molecular weight is 572 g/mol. The van der Waals surface area contributed by atoms with Crippen LogP contribution in [-0.2, 0) is 0 Å². The molecule has 0 spiro atoms. The molecule has 4 aromatic rings. The lowest BCUT2D eigenvalue weighted by molar-refractivity contribution is 0.102. The number of carbonyl (C=O) groups excluding carboxylic acids is 1. The molecule has 0 saturated heterocycles. The first-order chi connectivity index (χ1) is 20.2. The molecule has 0 radical (unpaired) electrons. The molecule has 2 N–H and O–H groups in total. The van der Waals surface area contributed by atoms with Crippen molar-refractivity contribution in [1.29, 1.82) is 0 Å². The number of pyridine rings is 1. The summed E-state index contributed by atoms with van der Waals surface area (Å²) in [6.45, 7) is 5.93. The van der Waals surface area contributed by atoms with Crippen LogP contribution >= 0.6 is 0 Å². The number of carbonyl (C=O) groups is 1. The van der Waals surface area contributed by atoms with E-state index in [1.807, 2.05) is 39.3 Å². The number of halogens is 1. The van der Waals surface area contributed by atoms with Crippen molar-refractivity contribution in [2.75, 3.05) is 56.8 Å². The number of ether oxygens (including phenoxy) is 1. The SMILES string of the molecule is CNc1nccc(-c2cccnc2Oc2ccc(F)c(C(=O)Nc3cc(C(C)C)ccc3N(C)CCCN(C)C)c2)n1. The predicted molar refractivity (Wildman–Crippen MR) is 166 cm³/mol. The Morgan fingerprint density at radius 1 is 1.00 bits per heavy atom. The topological polar surface area (TPSA) is 95.5 Å². The van der Waals surface area contributed by atoms with E-state index in [1.54, 1.807) is 31.6 Å². The maximum atomic E-state index is 15.0. The summed E-state index contributed by atoms with van der Waals surface area (Å²) >= 11 is 0. The van der Waals surface area contributed by atoms with Gasteiger partial charge in [0.1, 0.15) is 11.6 Å². The average Bonchev–Trinajstić information content (AvgIpc) is 2.98. The highest BCUT2D eigenvalue weighted by Crippen LogP contribution is 2.33. The molecule has 4 rings (SSSR count). The smallest absolute Gasteiger partial charge is 0.258 e. The van der Waals surface area contributed by atoms with Crippen LogP contribution < -0.4 is 20.3 Å². The minimum atomic E-state index is -0.656. The van der Waals surface area contributed by atoms with Crippen LogP contribution in [0.2, 0.25) is 0 Å². The molecule has 0 aliphatic carbocycles. The highest BCUT2D eigenvalue weighted by atomic mass is 19.1. The van der Waals surface area contributed by atoms with Gasteiger partial charge in [0.25, 0.3) is 5.91 Å². The minimum absolute atomic E-state index is 0.138. The molecular formula is C32H38FN7O2. The van der Waals surface area contributed by atoms with E-state index in [2.05, 4.69) is 55.3 Å². The molecule has 10 heteroatoms. The van der Waals surface area contributed by atoms with Crippen molar-refractivity contribution in [3.8, 4) is 22.9 Å². The molecule has 0 bridgehead atoms. The Balaban J connectivity index is 1.60. The van der Waals surface area contributed by atoms with Crippen molar-refractivity contribution in [2.24, 2.45) is 0 Å². The van der Waals surface area contributed by atoms with E-state index in [1.165, 1.54) is 18.2 Å². The Bertz CT molecular complexity index is 1530. The number of hydrogen-bond donors (Lipinski definition) is 2. The molecule has 2 aromatic carbocycles. The summed E-state index contributed by atoms with van der Waals surface area (Å²) in [5, 5.41) is 5.87. The van der Waals surface area contributed by atoms with Gasteiger partial charge in [-0.05, 0) is 87.1 Å². The molecule has 0 aliphatic rings. The van der Waals surface area contributed by atoms with E-state index in [4.69, 9.17) is 4.74 Å². The highest BCUT2D eigenvalue weighted by Gasteiger charge is 2.19. The summed E-state index contributed by atoms with van der Waals surface area (Å²) < 4.78 is 21.1. The molecule has 2 heterocycles. The quantitative estimate of drug-likeness (QED) is 0.205. The first-order valence-electron chi connectivity index (χ1n) is 13.9. The minimum Gasteiger partial charge on any atom is -0.438 e. The lowest BCUT2D eigenvalue weighted by Gasteiger charge is -2.24. The summed E-state index contributed by atoms with van der Waals surface area (Å²) in [4.78, 5) is 30.7. The summed E-state index contributed by atoms with van der Waals surface area (Å²) in [5.41, 5.74) is 3.65. The zero-order valence-corrected chi connectivity index (χ0v) is 25.0. The Morgan fingerprint density at radius 3 is 2.55 bits per heavy atom. The number of rotatable bonds is 12. The summed E-state index contributed by atoms with van der Waals surface area (Å²) in [6, 6.07) is 15.4. The van der Waals surface area contributed by atoms with Crippen LogP contribution in [0.25, 0.3) is 11.3 Å². The lowest BCUT2D eigenvalue weighted by Crippen LogP contribution is -2.25. The third kappa shape index (κ3) is 7.58. The maximum Gasteiger partial charge on any atom is 0.258 e. The van der Waals surface area contributed by atoms with Crippen LogP contribution in [-0.4, -0.2) is 67.0 Å². The standard InChI is InChI=1S/C32H38FN7O2/c1-21(2)22-10-13-29(40(6)18-8-17-39(4)5)28(19-22)37-30(41)25-20-23(11-12-26(25)33)42-31-24(9-7-15-35-31)27-14-16-36-32(34-3)38-27/h7,9-16,19-21H,8,17-18H2,1-6H3,(H,37,41)(H,34,36,38). The maximum absolute atomic E-state index is 15.0. The molecule has 0 atom stereocenters. The summed E-state index contributed by atoms with van der Waals surface area (Å²) in [6.07, 6.45) is 4.18. The Kier molecular flexibility index (Phi) is 10.0. The number of aromatic nitrogens is 3. The molecule has 1 amide bonds. The van der Waals surface area contributed by atoms with Crippen molar-refractivity contribution >= 4 is 23.2 Å². The number of anilines is 3. The van der Waals surface area contributed by atoms with E-state index in [0.29, 0.717) is 22.9 Å². The second kappa shape index (κ2) is 13.9. The number of amides is 1. The lowest BCUT2D eigenvalue weighted by atomic mass is 10.0. The zero-order chi connectivity index (χ0) is 30.2. The highest BCUT2D eigenvalue weighted by molar-refractivity contribution is 6.06. The molecule has 9 nitrogen and oxygen atoms in total. The number of benzene rings is 2. The van der Waals surface area contributed by atoms with Crippen LogP contribution in [0.3, 0.4) is 0 Å². The van der Waals surface area contributed by atoms with Gasteiger partial charge in [0, 0.05) is 33.0 Å². The van der Waals surface area contributed by atoms with Crippen molar-refractivity contribution < 1.29 is 13.9 Å². The Labute approximate surface area is 246 Å². The molecule has 0 fully saturated rings. The van der Waals surface area contributed by atoms with Gasteiger partial charge in [-0.2, -0.15) is 0 Å². The molecule has 0 saturated carbocycles. The second-order valence-corrected chi connectivity index (χ2v) is 10.6. The van der Waals surface area contributed by atoms with Gasteiger partial charge in [0.2, 0.25) is 11.8 Å². The number of nitrogens with zero attached hydrogens (tertiary/aromatic N) is 5. The van der Waals surface area contributed by atoms with Crippen LogP contribution in [0, 0.1) is 5.82 Å². The fraction of sp³-hybridized carbons (Fsp3) is 0.312. The van der Waals surface area contributed by atoms with Gasteiger partial charge in [-0.1, -0.05) is 19.9 Å². The first kappa shape index (κ1) is 30.4. The summed E-state index contributed by atoms with van der Waals surface area (Å²) in [7, 11) is 7.81. The van der Waals surface area contributed by atoms with E-state index < -0.39 is 11.7 Å². The Hall–Kier alpha value is -4.57. The largest absolute Gasteiger partial charge is 0.438 e. The van der Waals surface area contributed by atoms with E-state index >= 15 is 4.39 Å². The van der Waals surface area contributed by atoms with Gasteiger partial charge in [-0.25, -0.2) is 19.3 Å². The molecule has 2 aromatic heterocycles. The third-order valence-electron chi connectivity index (χ3n) is 6.77. The van der Waals surface area contributed by atoms with Crippen molar-refractivity contribution in [3.63, 3.8) is 0 Å². The van der Waals surface area contributed by atoms with Crippen LogP contribution in [0.1, 0.15) is 42.1 Å². The molecule has 42 heavy (non-hydrogen) atoms. The van der Waals surface area contributed by atoms with Gasteiger partial charge in [-0.15, -0.1) is 0 Å². The Morgan fingerprint density at radius 2 is 1.81 bits per heavy atom. The number of nitrogens with one attached hydrogen (secondary N) is 2. The first-order valence-corrected chi connectivity index (χ1v) is 13.9. The van der Waals surface area contributed by atoms with Gasteiger partial charge in [-0.3, -0.25) is 4.79 Å². The van der Waals surface area contributed by atoms with Crippen LogP contribution in [0.15, 0.2) is 67.0 Å². The summed E-state index contributed by atoms with van der Waals surface area (Å²) in [5.74, 6) is 0.0129. The molecule has 0 aliphatic heterocycles. The monoisotopic (exact) mass is 571 g/mol. The van der Waals surface area contributed by atoms with Crippen LogP contribution in [0.5, 0.6) is 11.6 Å². The van der Waals surface area contributed by atoms with E-state index in [9.17, 15) is 4.79 Å². The van der Waals surface area contributed by atoms with Gasteiger partial charge >= 0.3 is 0 Å². The normalized spacial score (nSPS) is 11.1. The molecule has 0 unspecified atom stereocenters. The van der Waals surface area contributed by atoms with E-state index in [-0.39, 0.29) is 23.1 Å². The van der Waals surface area contributed by atoms with Crippen molar-refractivity contribution in [2.45, 2.75) is 26.2 Å². The van der Waals surface area contributed by atoms with Crippen molar-refractivity contribution in [3.05, 3.63) is 83.9 Å².